The number of nitrogens with zero attached hydrogens (tertiary/aromatic N) is 4. The van der Waals surface area contributed by atoms with Gasteiger partial charge in [0.2, 0.25) is 11.8 Å². The first-order valence-corrected chi connectivity index (χ1v) is 18.2. The molecule has 0 fully saturated rings. The second kappa shape index (κ2) is 12.5. The Morgan fingerprint density at radius 3 is 1.55 bits per heavy atom. The van der Waals surface area contributed by atoms with E-state index in [0.717, 1.165) is 72.4 Å². The Morgan fingerprint density at radius 1 is 0.382 bits per heavy atom. The van der Waals surface area contributed by atoms with Crippen molar-refractivity contribution in [3.05, 3.63) is 182 Å². The number of hydrogen-bond acceptors (Lipinski definition) is 6. The molecule has 0 saturated carbocycles. The molecule has 11 rings (SSSR count). The van der Waals surface area contributed by atoms with Gasteiger partial charge in [-0.1, -0.05) is 78.9 Å². The summed E-state index contributed by atoms with van der Waals surface area (Å²) in [5.41, 5.74) is 10.2. The van der Waals surface area contributed by atoms with E-state index in [1.54, 1.807) is 0 Å². The third kappa shape index (κ3) is 5.39. The zero-order valence-electron chi connectivity index (χ0n) is 29.4. The minimum Gasteiger partial charge on any atom is -0.436 e. The molecule has 0 amide bonds. The molecule has 3 aromatic heterocycles. The number of aromatic nitrogens is 3. The predicted octanol–water partition coefficient (Wildman–Crippen LogP) is 13.3. The summed E-state index contributed by atoms with van der Waals surface area (Å²) < 4.78 is 12.2. The van der Waals surface area contributed by atoms with Gasteiger partial charge in [-0.15, -0.1) is 0 Å². The summed E-state index contributed by atoms with van der Waals surface area (Å²) in [6, 6.07) is 60.7. The van der Waals surface area contributed by atoms with Crippen LogP contribution in [0.25, 0.3) is 88.7 Å². The normalized spacial score (nSPS) is 11.6. The summed E-state index contributed by atoms with van der Waals surface area (Å²) >= 11 is 0. The lowest BCUT2D eigenvalue weighted by Crippen LogP contribution is -2.09. The van der Waals surface area contributed by atoms with Crippen LogP contribution >= 0.6 is 0 Å². The summed E-state index contributed by atoms with van der Waals surface area (Å²) in [5, 5.41) is 7.05. The fourth-order valence-electron chi connectivity index (χ4n) is 7.64. The highest BCUT2D eigenvalue weighted by Crippen LogP contribution is 2.40. The summed E-state index contributed by atoms with van der Waals surface area (Å²) in [6.07, 6.45) is 1.89. The van der Waals surface area contributed by atoms with Crippen LogP contribution < -0.4 is 4.90 Å². The van der Waals surface area contributed by atoms with E-state index in [0.29, 0.717) is 11.8 Å². The van der Waals surface area contributed by atoms with E-state index in [4.69, 9.17) is 23.8 Å². The molecule has 0 bridgehead atoms. The molecule has 0 aliphatic rings. The zero-order chi connectivity index (χ0) is 36.3. The first-order valence-electron chi connectivity index (χ1n) is 18.2. The molecule has 6 nitrogen and oxygen atoms in total. The van der Waals surface area contributed by atoms with Crippen LogP contribution in [0.4, 0.5) is 17.1 Å². The van der Waals surface area contributed by atoms with Crippen LogP contribution in [0.5, 0.6) is 0 Å². The van der Waals surface area contributed by atoms with Crippen LogP contribution in [0.2, 0.25) is 0 Å². The molecular weight excluding hydrogens is 677 g/mol. The van der Waals surface area contributed by atoms with Gasteiger partial charge in [-0.05, 0) is 124 Å². The number of fused-ring (bicyclic) bond motifs is 6. The number of para-hydroxylation sites is 4. The van der Waals surface area contributed by atoms with Crippen molar-refractivity contribution < 1.29 is 8.83 Å². The minimum atomic E-state index is 0.596. The molecule has 258 valence electrons. The molecule has 3 heterocycles. The highest BCUT2D eigenvalue weighted by atomic mass is 16.4. The van der Waals surface area contributed by atoms with Crippen molar-refractivity contribution in [1.29, 1.82) is 0 Å². The lowest BCUT2D eigenvalue weighted by molar-refractivity contribution is 0.619. The Morgan fingerprint density at radius 2 is 0.909 bits per heavy atom. The van der Waals surface area contributed by atoms with Crippen LogP contribution in [-0.2, 0) is 0 Å². The molecule has 6 heteroatoms. The maximum Gasteiger partial charge on any atom is 0.227 e. The van der Waals surface area contributed by atoms with E-state index < -0.39 is 0 Å². The van der Waals surface area contributed by atoms with E-state index in [1.165, 1.54) is 21.5 Å². The van der Waals surface area contributed by atoms with Gasteiger partial charge in [0.1, 0.15) is 11.0 Å². The molecule has 55 heavy (non-hydrogen) atoms. The molecule has 8 aromatic carbocycles. The fourth-order valence-corrected chi connectivity index (χ4v) is 7.64. The highest BCUT2D eigenvalue weighted by Gasteiger charge is 2.17. The van der Waals surface area contributed by atoms with Gasteiger partial charge >= 0.3 is 0 Å². The van der Waals surface area contributed by atoms with E-state index in [9.17, 15) is 0 Å². The van der Waals surface area contributed by atoms with E-state index in [-0.39, 0.29) is 0 Å². The monoisotopic (exact) mass is 706 g/mol. The maximum atomic E-state index is 6.09. The number of pyridine rings is 1. The first kappa shape index (κ1) is 31.0. The van der Waals surface area contributed by atoms with Crippen LogP contribution in [0.3, 0.4) is 0 Å². The fraction of sp³-hybridized carbons (Fsp3) is 0. The van der Waals surface area contributed by atoms with E-state index >= 15 is 0 Å². The van der Waals surface area contributed by atoms with Crippen molar-refractivity contribution in [3.8, 4) is 34.2 Å². The highest BCUT2D eigenvalue weighted by molar-refractivity contribution is 6.10. The van der Waals surface area contributed by atoms with Crippen molar-refractivity contribution in [2.45, 2.75) is 0 Å². The lowest BCUT2D eigenvalue weighted by Gasteiger charge is -2.26. The van der Waals surface area contributed by atoms with Gasteiger partial charge in [-0.3, -0.25) is 4.98 Å². The summed E-state index contributed by atoms with van der Waals surface area (Å²) in [5.74, 6) is 1.19. The summed E-state index contributed by atoms with van der Waals surface area (Å²) in [4.78, 5) is 16.5. The number of benzene rings is 8. The third-order valence-corrected chi connectivity index (χ3v) is 10.4. The second-order valence-corrected chi connectivity index (χ2v) is 13.7. The Kier molecular flexibility index (Phi) is 7.07. The van der Waals surface area contributed by atoms with Gasteiger partial charge in [0, 0.05) is 45.3 Å². The smallest absolute Gasteiger partial charge is 0.227 e. The first-order chi connectivity index (χ1) is 27.2. The third-order valence-electron chi connectivity index (χ3n) is 10.4. The van der Waals surface area contributed by atoms with Crippen LogP contribution in [0.15, 0.2) is 191 Å². The van der Waals surface area contributed by atoms with Crippen molar-refractivity contribution in [2.75, 3.05) is 4.90 Å². The second-order valence-electron chi connectivity index (χ2n) is 13.7. The molecule has 0 radical (unpaired) electrons. The van der Waals surface area contributed by atoms with Gasteiger partial charge in [0.25, 0.3) is 0 Å². The van der Waals surface area contributed by atoms with E-state index in [2.05, 4.69) is 132 Å². The Labute approximate surface area is 315 Å². The van der Waals surface area contributed by atoms with Gasteiger partial charge in [0.05, 0.1) is 5.69 Å². The molecule has 0 aliphatic heterocycles. The van der Waals surface area contributed by atoms with Crippen LogP contribution in [0.1, 0.15) is 0 Å². The summed E-state index contributed by atoms with van der Waals surface area (Å²) in [6.45, 7) is 0. The topological polar surface area (TPSA) is 68.2 Å². The largest absolute Gasteiger partial charge is 0.436 e. The van der Waals surface area contributed by atoms with Gasteiger partial charge < -0.3 is 13.7 Å². The van der Waals surface area contributed by atoms with Crippen LogP contribution in [-0.4, -0.2) is 15.0 Å². The van der Waals surface area contributed by atoms with Crippen molar-refractivity contribution in [3.63, 3.8) is 0 Å². The number of oxazole rings is 2. The molecule has 0 unspecified atom stereocenters. The number of anilines is 3. The van der Waals surface area contributed by atoms with Gasteiger partial charge in [0.15, 0.2) is 11.2 Å². The molecular formula is C49H30N4O2. The van der Waals surface area contributed by atoms with Crippen molar-refractivity contribution >= 4 is 71.6 Å². The number of rotatable bonds is 6. The Balaban J connectivity index is 0.995. The zero-order valence-corrected chi connectivity index (χ0v) is 29.4. The average molecular weight is 707 g/mol. The predicted molar refractivity (Wildman–Crippen MR) is 223 cm³/mol. The standard InChI is InChI=1S/C49H30N4O2/c1-2-8-42-31(7-1)27-28-50-47(42)36-19-25-40-34(29-36)13-14-35-30-39(24-26-41(35)40)53(37-20-15-32(16-21-37)48-51-43-9-3-5-11-45(43)54-48)38-22-17-33(18-23-38)49-52-44-10-4-6-12-46(44)55-49/h1-30H. The average Bonchev–Trinajstić information content (AvgIpc) is 3.89. The SMILES string of the molecule is c1ccc2c(-c3ccc4c(ccc5cc(N(c6ccc(-c7nc8ccccc8o7)cc6)c6ccc(-c7nc8ccccc8o7)cc6)ccc54)c3)nccc2c1. The maximum absolute atomic E-state index is 6.09. The Bertz CT molecular complexity index is 3030. The molecule has 0 aliphatic carbocycles. The van der Waals surface area contributed by atoms with Gasteiger partial charge in [-0.2, -0.15) is 0 Å². The van der Waals surface area contributed by atoms with Crippen molar-refractivity contribution in [1.82, 2.24) is 15.0 Å². The van der Waals surface area contributed by atoms with Crippen LogP contribution in [0, 0.1) is 0 Å². The minimum absolute atomic E-state index is 0.596. The summed E-state index contributed by atoms with van der Waals surface area (Å²) in [7, 11) is 0. The molecule has 0 atom stereocenters. The van der Waals surface area contributed by atoms with E-state index in [1.807, 2.05) is 54.7 Å². The quantitative estimate of drug-likeness (QED) is 0.160. The van der Waals surface area contributed by atoms with Gasteiger partial charge in [-0.25, -0.2) is 9.97 Å². The molecule has 0 N–H and O–H groups in total. The molecule has 0 saturated heterocycles. The Hall–Kier alpha value is -7.57. The molecule has 11 aromatic rings. The molecule has 0 spiro atoms. The number of hydrogen-bond donors (Lipinski definition) is 0. The lowest BCUT2D eigenvalue weighted by atomic mass is 9.97. The van der Waals surface area contributed by atoms with Crippen molar-refractivity contribution in [2.24, 2.45) is 0 Å².